The summed E-state index contributed by atoms with van der Waals surface area (Å²) >= 11 is 0. The summed E-state index contributed by atoms with van der Waals surface area (Å²) in [4.78, 5) is 12.5. The fourth-order valence-electron chi connectivity index (χ4n) is 3.09. The van der Waals surface area contributed by atoms with E-state index in [4.69, 9.17) is 4.74 Å². The van der Waals surface area contributed by atoms with Gasteiger partial charge in [0.25, 0.3) is 5.91 Å². The van der Waals surface area contributed by atoms with Crippen LogP contribution in [0.5, 0.6) is 0 Å². The molecule has 1 saturated carbocycles. The molecular formula is C17H19FN4O2. The van der Waals surface area contributed by atoms with Gasteiger partial charge in [-0.25, -0.2) is 4.39 Å². The monoisotopic (exact) mass is 330 g/mol. The summed E-state index contributed by atoms with van der Waals surface area (Å²) in [6, 6.07) is 6.37. The first-order chi connectivity index (χ1) is 11.5. The van der Waals surface area contributed by atoms with Crippen LogP contribution in [0.25, 0.3) is 0 Å². The number of nitrogens with zero attached hydrogens (tertiary/aromatic N) is 3. The largest absolute Gasteiger partial charge is 0.380 e. The number of hydrogen-bond acceptors (Lipinski definition) is 4. The third kappa shape index (κ3) is 2.80. The molecular weight excluding hydrogens is 311 g/mol. The van der Waals surface area contributed by atoms with Crippen LogP contribution in [0.1, 0.15) is 35.8 Å². The molecule has 126 valence electrons. The Hall–Kier alpha value is -2.28. The lowest BCUT2D eigenvalue weighted by atomic mass is 9.89. The van der Waals surface area contributed by atoms with Crippen LogP contribution in [-0.4, -0.2) is 34.1 Å². The quantitative estimate of drug-likeness (QED) is 0.909. The number of rotatable bonds is 5. The molecule has 0 spiro atoms. The standard InChI is InChI=1S/C17H19FN4O2/c1-16(10-24-11-16)9-22-8-14(20-21-22)15(23)19-17(5-6-17)12-3-2-4-13(18)7-12/h2-4,7-8H,5-6,9-11H2,1H3,(H,19,23). The lowest BCUT2D eigenvalue weighted by Gasteiger charge is -2.37. The number of ether oxygens (including phenoxy) is 1. The maximum absolute atomic E-state index is 13.4. The van der Waals surface area contributed by atoms with Gasteiger partial charge in [-0.15, -0.1) is 5.10 Å². The van der Waals surface area contributed by atoms with Crippen LogP contribution in [0.4, 0.5) is 4.39 Å². The third-order valence-corrected chi connectivity index (χ3v) is 4.70. The fourth-order valence-corrected chi connectivity index (χ4v) is 3.09. The molecule has 4 rings (SSSR count). The van der Waals surface area contributed by atoms with Crippen molar-refractivity contribution in [1.82, 2.24) is 20.3 Å². The summed E-state index contributed by atoms with van der Waals surface area (Å²) < 4.78 is 20.3. The summed E-state index contributed by atoms with van der Waals surface area (Å²) in [6.07, 6.45) is 3.25. The molecule has 1 aromatic carbocycles. The highest BCUT2D eigenvalue weighted by Crippen LogP contribution is 2.45. The number of carbonyl (C=O) groups excluding carboxylic acids is 1. The molecule has 2 aliphatic rings. The minimum Gasteiger partial charge on any atom is -0.380 e. The first kappa shape index (κ1) is 15.3. The summed E-state index contributed by atoms with van der Waals surface area (Å²) in [5.41, 5.74) is 0.654. The van der Waals surface area contributed by atoms with Crippen LogP contribution >= 0.6 is 0 Å². The fraction of sp³-hybridized carbons (Fsp3) is 0.471. The van der Waals surface area contributed by atoms with E-state index in [0.717, 1.165) is 18.4 Å². The average Bonchev–Trinajstić information content (AvgIpc) is 3.15. The number of nitrogens with one attached hydrogen (secondary N) is 1. The topological polar surface area (TPSA) is 69.0 Å². The van der Waals surface area contributed by atoms with Gasteiger partial charge >= 0.3 is 0 Å². The van der Waals surface area contributed by atoms with Crippen molar-refractivity contribution >= 4 is 5.91 Å². The summed E-state index contributed by atoms with van der Waals surface area (Å²) in [5, 5.41) is 11.0. The number of amides is 1. The predicted octanol–water partition coefficient (Wildman–Crippen LogP) is 1.87. The second-order valence-electron chi connectivity index (χ2n) is 7.15. The van der Waals surface area contributed by atoms with Gasteiger partial charge in [-0.3, -0.25) is 9.48 Å². The van der Waals surface area contributed by atoms with Gasteiger partial charge in [0, 0.05) is 5.41 Å². The summed E-state index contributed by atoms with van der Waals surface area (Å²) in [7, 11) is 0. The summed E-state index contributed by atoms with van der Waals surface area (Å²) in [5.74, 6) is -0.576. The molecule has 2 fully saturated rings. The van der Waals surface area contributed by atoms with Crippen LogP contribution < -0.4 is 5.32 Å². The molecule has 1 N–H and O–H groups in total. The van der Waals surface area contributed by atoms with Gasteiger partial charge < -0.3 is 10.1 Å². The lowest BCUT2D eigenvalue weighted by Crippen LogP contribution is -2.43. The molecule has 1 aliphatic heterocycles. The lowest BCUT2D eigenvalue weighted by molar-refractivity contribution is -0.111. The highest BCUT2D eigenvalue weighted by molar-refractivity contribution is 5.92. The Kier molecular flexibility index (Phi) is 3.42. The average molecular weight is 330 g/mol. The van der Waals surface area contributed by atoms with E-state index in [-0.39, 0.29) is 22.8 Å². The first-order valence-corrected chi connectivity index (χ1v) is 8.05. The molecule has 1 aromatic heterocycles. The maximum Gasteiger partial charge on any atom is 0.274 e. The maximum atomic E-state index is 13.4. The van der Waals surface area contributed by atoms with Crippen LogP contribution in [0.3, 0.4) is 0 Å². The molecule has 1 amide bonds. The highest BCUT2D eigenvalue weighted by Gasteiger charge is 2.46. The molecule has 0 atom stereocenters. The molecule has 2 heterocycles. The molecule has 0 unspecified atom stereocenters. The Morgan fingerprint density at radius 1 is 1.42 bits per heavy atom. The van der Waals surface area contributed by atoms with E-state index in [2.05, 4.69) is 22.6 Å². The van der Waals surface area contributed by atoms with Gasteiger partial charge in [-0.05, 0) is 30.5 Å². The van der Waals surface area contributed by atoms with Gasteiger partial charge in [0.15, 0.2) is 5.69 Å². The van der Waals surface area contributed by atoms with E-state index in [0.29, 0.717) is 19.8 Å². The molecule has 0 bridgehead atoms. The Balaban J connectivity index is 1.46. The zero-order valence-electron chi connectivity index (χ0n) is 13.5. The van der Waals surface area contributed by atoms with Crippen molar-refractivity contribution in [3.05, 3.63) is 47.5 Å². The summed E-state index contributed by atoms with van der Waals surface area (Å²) in [6.45, 7) is 4.16. The Labute approximate surface area is 139 Å². The molecule has 6 nitrogen and oxygen atoms in total. The van der Waals surface area contributed by atoms with E-state index in [1.807, 2.05) is 6.07 Å². The van der Waals surface area contributed by atoms with E-state index >= 15 is 0 Å². The van der Waals surface area contributed by atoms with Crippen molar-refractivity contribution in [1.29, 1.82) is 0 Å². The van der Waals surface area contributed by atoms with Crippen molar-refractivity contribution in [2.24, 2.45) is 5.41 Å². The first-order valence-electron chi connectivity index (χ1n) is 8.05. The SMILES string of the molecule is CC1(Cn2cc(C(=O)NC3(c4cccc(F)c4)CC3)nn2)COC1. The minimum atomic E-state index is -0.475. The second-order valence-corrected chi connectivity index (χ2v) is 7.15. The van der Waals surface area contributed by atoms with Crippen LogP contribution in [-0.2, 0) is 16.8 Å². The normalized spacial score (nSPS) is 20.2. The number of hydrogen-bond donors (Lipinski definition) is 1. The van der Waals surface area contributed by atoms with Crippen LogP contribution in [0.15, 0.2) is 30.5 Å². The molecule has 2 aromatic rings. The number of aromatic nitrogens is 3. The zero-order chi connectivity index (χ0) is 16.8. The van der Waals surface area contributed by atoms with Gasteiger partial charge in [0.1, 0.15) is 5.82 Å². The van der Waals surface area contributed by atoms with Crippen LogP contribution in [0.2, 0.25) is 0 Å². The van der Waals surface area contributed by atoms with Crippen molar-refractivity contribution in [2.75, 3.05) is 13.2 Å². The zero-order valence-corrected chi connectivity index (χ0v) is 13.5. The van der Waals surface area contributed by atoms with Gasteiger partial charge in [0.2, 0.25) is 0 Å². The van der Waals surface area contributed by atoms with Crippen molar-refractivity contribution in [3.63, 3.8) is 0 Å². The second kappa shape index (κ2) is 5.37. The van der Waals surface area contributed by atoms with Crippen molar-refractivity contribution in [3.8, 4) is 0 Å². The third-order valence-electron chi connectivity index (χ3n) is 4.70. The molecule has 7 heteroatoms. The Morgan fingerprint density at radius 2 is 2.21 bits per heavy atom. The molecule has 1 saturated heterocycles. The molecule has 24 heavy (non-hydrogen) atoms. The predicted molar refractivity (Wildman–Crippen MR) is 83.7 cm³/mol. The number of halogens is 1. The highest BCUT2D eigenvalue weighted by atomic mass is 19.1. The smallest absolute Gasteiger partial charge is 0.274 e. The Morgan fingerprint density at radius 3 is 2.83 bits per heavy atom. The van der Waals surface area contributed by atoms with Crippen molar-refractivity contribution in [2.45, 2.75) is 31.8 Å². The van der Waals surface area contributed by atoms with Gasteiger partial charge in [0.05, 0.1) is 31.5 Å². The van der Waals surface area contributed by atoms with Crippen molar-refractivity contribution < 1.29 is 13.9 Å². The number of carbonyl (C=O) groups is 1. The van der Waals surface area contributed by atoms with E-state index in [1.54, 1.807) is 16.9 Å². The molecule has 0 radical (unpaired) electrons. The van der Waals surface area contributed by atoms with E-state index < -0.39 is 5.54 Å². The van der Waals surface area contributed by atoms with E-state index in [1.165, 1.54) is 12.1 Å². The van der Waals surface area contributed by atoms with Gasteiger partial charge in [-0.1, -0.05) is 24.3 Å². The minimum absolute atomic E-state index is 0.0563. The molecule has 1 aliphatic carbocycles. The van der Waals surface area contributed by atoms with Crippen LogP contribution in [0, 0.1) is 11.2 Å². The number of benzene rings is 1. The Bertz CT molecular complexity index is 780. The van der Waals surface area contributed by atoms with E-state index in [9.17, 15) is 9.18 Å². The van der Waals surface area contributed by atoms with Gasteiger partial charge in [-0.2, -0.15) is 0 Å².